The number of methoxy groups -OCH3 is 1. The second-order valence-electron chi connectivity index (χ2n) is 15.5. The number of hydrogen-bond acceptors (Lipinski definition) is 9. The molecule has 1 saturated heterocycles. The van der Waals surface area contributed by atoms with Crippen molar-refractivity contribution in [3.63, 3.8) is 0 Å². The number of fused-ring (bicyclic) bond motifs is 1. The number of anilines is 2. The summed E-state index contributed by atoms with van der Waals surface area (Å²) in [7, 11) is 3.52. The number of ether oxygens (including phenoxy) is 1. The Balaban J connectivity index is 0.00000136. The standard InChI is InChI=1S/C40H58N8O3.C4H10.C2H6/c1-5-6-20-47(3)27-32-23-31-26-43-37(25-35(31)44-32)46-39(49)30-15-16-33(28(2)41)36(24-30)42-19-10-8-7-9-12-29-17-21-48(22-18-29)38-14-11-13-34(45-38)40(50)51-4;1-3-4-2;1-2/h11,13-14,23-26,29,33,36,41-42,44H,5-10,12,15-22,27H2,1-4H3,(H,43,46,49);3-4H2,1-2H3;1-2H3. The van der Waals surface area contributed by atoms with E-state index in [9.17, 15) is 9.59 Å². The molecule has 2 aliphatic rings. The molecule has 11 nitrogen and oxygen atoms in total. The molecule has 1 amide bonds. The molecule has 1 aliphatic carbocycles. The van der Waals surface area contributed by atoms with Crippen molar-refractivity contribution in [3.05, 3.63) is 59.6 Å². The van der Waals surface area contributed by atoms with Crippen molar-refractivity contribution in [3.8, 4) is 0 Å². The highest BCUT2D eigenvalue weighted by Gasteiger charge is 2.28. The number of H-pyrrole nitrogens is 1. The van der Waals surface area contributed by atoms with E-state index in [1.54, 1.807) is 6.07 Å². The van der Waals surface area contributed by atoms with Crippen LogP contribution in [0.3, 0.4) is 0 Å². The molecule has 0 radical (unpaired) electrons. The van der Waals surface area contributed by atoms with Crippen molar-refractivity contribution >= 4 is 40.1 Å². The fourth-order valence-electron chi connectivity index (χ4n) is 7.47. The van der Waals surface area contributed by atoms with Gasteiger partial charge in [-0.1, -0.05) is 91.7 Å². The molecule has 0 aromatic carbocycles. The average Bonchev–Trinajstić information content (AvgIpc) is 3.64. The van der Waals surface area contributed by atoms with Crippen molar-refractivity contribution < 1.29 is 14.3 Å². The SMILES string of the molecule is CC.CCCC.CCCCN(C)Cc1cc2cnc(NC(=O)C3=CC(NCCCCCCC4CCN(c5cccc(C(=O)OC)n5)CC4)C(C(C)=N)CC3)cc2[nH]1. The van der Waals surface area contributed by atoms with Gasteiger partial charge in [-0.2, -0.15) is 0 Å². The lowest BCUT2D eigenvalue weighted by atomic mass is 9.82. The number of aromatic amines is 1. The molecule has 3 aromatic rings. The summed E-state index contributed by atoms with van der Waals surface area (Å²) in [4.78, 5) is 42.3. The monoisotopic (exact) mass is 787 g/mol. The molecule has 5 rings (SSSR count). The molecule has 0 bridgehead atoms. The molecule has 316 valence electrons. The minimum atomic E-state index is -0.399. The summed E-state index contributed by atoms with van der Waals surface area (Å²) in [6.45, 7) is 17.2. The van der Waals surface area contributed by atoms with E-state index in [1.165, 1.54) is 52.1 Å². The van der Waals surface area contributed by atoms with Crippen LogP contribution in [0.5, 0.6) is 0 Å². The van der Waals surface area contributed by atoms with Crippen LogP contribution in [-0.4, -0.2) is 83.8 Å². The Morgan fingerprint density at radius 3 is 2.42 bits per heavy atom. The summed E-state index contributed by atoms with van der Waals surface area (Å²) < 4.78 is 4.82. The number of aromatic nitrogens is 3. The third-order valence-corrected chi connectivity index (χ3v) is 11.0. The van der Waals surface area contributed by atoms with E-state index >= 15 is 0 Å². The van der Waals surface area contributed by atoms with Crippen LogP contribution in [0.25, 0.3) is 10.9 Å². The molecular formula is C46H74N8O3. The number of amides is 1. The Bertz CT molecular complexity index is 1680. The van der Waals surface area contributed by atoms with Crippen LogP contribution in [0, 0.1) is 17.2 Å². The molecular weight excluding hydrogens is 713 g/mol. The Morgan fingerprint density at radius 2 is 1.74 bits per heavy atom. The van der Waals surface area contributed by atoms with Gasteiger partial charge in [0.25, 0.3) is 5.91 Å². The van der Waals surface area contributed by atoms with E-state index in [4.69, 9.17) is 10.1 Å². The first-order valence-electron chi connectivity index (χ1n) is 21.9. The van der Waals surface area contributed by atoms with Gasteiger partial charge in [-0.25, -0.2) is 14.8 Å². The number of rotatable bonds is 19. The van der Waals surface area contributed by atoms with Crippen molar-refractivity contribution in [2.24, 2.45) is 11.8 Å². The van der Waals surface area contributed by atoms with Crippen LogP contribution in [0.15, 0.2) is 48.2 Å². The zero-order chi connectivity index (χ0) is 41.6. The highest BCUT2D eigenvalue weighted by atomic mass is 16.5. The molecule has 1 aliphatic heterocycles. The third-order valence-electron chi connectivity index (χ3n) is 11.0. The maximum Gasteiger partial charge on any atom is 0.356 e. The van der Waals surface area contributed by atoms with Gasteiger partial charge in [0, 0.05) is 66.2 Å². The van der Waals surface area contributed by atoms with Gasteiger partial charge < -0.3 is 35.6 Å². The average molecular weight is 787 g/mol. The second-order valence-corrected chi connectivity index (χ2v) is 15.5. The molecule has 57 heavy (non-hydrogen) atoms. The van der Waals surface area contributed by atoms with Crippen molar-refractivity contribution in [2.75, 3.05) is 50.6 Å². The first-order valence-corrected chi connectivity index (χ1v) is 21.9. The van der Waals surface area contributed by atoms with Gasteiger partial charge in [-0.05, 0) is 89.7 Å². The van der Waals surface area contributed by atoms with Gasteiger partial charge in [0.15, 0.2) is 5.69 Å². The van der Waals surface area contributed by atoms with Crippen molar-refractivity contribution in [1.82, 2.24) is 25.2 Å². The number of esters is 1. The molecule has 0 saturated carbocycles. The largest absolute Gasteiger partial charge is 0.464 e. The minimum absolute atomic E-state index is 0.0175. The Labute approximate surface area is 343 Å². The van der Waals surface area contributed by atoms with Gasteiger partial charge in [0.2, 0.25) is 0 Å². The molecule has 3 aromatic heterocycles. The summed E-state index contributed by atoms with van der Waals surface area (Å²) >= 11 is 0. The Hall–Kier alpha value is -4.09. The number of nitrogens with one attached hydrogen (secondary N) is 4. The van der Waals surface area contributed by atoms with Crippen LogP contribution in [0.1, 0.15) is 141 Å². The lowest BCUT2D eigenvalue weighted by molar-refractivity contribution is -0.113. The Morgan fingerprint density at radius 1 is 1.00 bits per heavy atom. The predicted molar refractivity (Wildman–Crippen MR) is 237 cm³/mol. The van der Waals surface area contributed by atoms with Crippen LogP contribution >= 0.6 is 0 Å². The van der Waals surface area contributed by atoms with E-state index in [1.807, 2.05) is 51.2 Å². The van der Waals surface area contributed by atoms with Gasteiger partial charge in [0.1, 0.15) is 11.6 Å². The van der Waals surface area contributed by atoms with Gasteiger partial charge in [0.05, 0.1) is 12.6 Å². The maximum atomic E-state index is 13.4. The minimum Gasteiger partial charge on any atom is -0.464 e. The molecule has 1 fully saturated rings. The summed E-state index contributed by atoms with van der Waals surface area (Å²) in [5, 5.41) is 16.1. The van der Waals surface area contributed by atoms with E-state index in [2.05, 4.69) is 69.3 Å². The highest BCUT2D eigenvalue weighted by molar-refractivity contribution is 6.04. The number of pyridine rings is 2. The topological polar surface area (TPSA) is 139 Å². The van der Waals surface area contributed by atoms with Crippen LogP contribution in [0.4, 0.5) is 11.6 Å². The lowest BCUT2D eigenvalue weighted by Crippen LogP contribution is -2.41. The normalized spacial score (nSPS) is 16.9. The van der Waals surface area contributed by atoms with Crippen LogP contribution in [-0.2, 0) is 16.1 Å². The molecule has 2 unspecified atom stereocenters. The summed E-state index contributed by atoms with van der Waals surface area (Å²) in [6.07, 6.45) is 18.5. The van der Waals surface area contributed by atoms with Crippen LogP contribution < -0.4 is 15.5 Å². The van der Waals surface area contributed by atoms with Crippen LogP contribution in [0.2, 0.25) is 0 Å². The second kappa shape index (κ2) is 26.0. The first kappa shape index (κ1) is 47.3. The van der Waals surface area contributed by atoms with E-state index < -0.39 is 5.97 Å². The lowest BCUT2D eigenvalue weighted by Gasteiger charge is -2.33. The number of unbranched alkanes of at least 4 members (excludes halogenated alkanes) is 5. The van der Waals surface area contributed by atoms with Gasteiger partial charge in [-0.3, -0.25) is 4.79 Å². The smallest absolute Gasteiger partial charge is 0.356 e. The summed E-state index contributed by atoms with van der Waals surface area (Å²) in [5.41, 5.74) is 3.89. The summed E-state index contributed by atoms with van der Waals surface area (Å²) in [6, 6.07) is 9.57. The number of carbonyl (C=O) groups is 2. The van der Waals surface area contributed by atoms with E-state index in [0.717, 1.165) is 98.7 Å². The van der Waals surface area contributed by atoms with E-state index in [-0.39, 0.29) is 17.9 Å². The van der Waals surface area contributed by atoms with E-state index in [0.29, 0.717) is 23.6 Å². The molecule has 11 heteroatoms. The number of hydrogen-bond donors (Lipinski definition) is 4. The molecule has 0 spiro atoms. The first-order chi connectivity index (χ1) is 27.6. The highest BCUT2D eigenvalue weighted by Crippen LogP contribution is 2.28. The summed E-state index contributed by atoms with van der Waals surface area (Å²) in [5.74, 6) is 1.72. The number of carbonyl (C=O) groups excluding carboxylic acids is 2. The number of nitrogens with zero attached hydrogens (tertiary/aromatic N) is 4. The maximum absolute atomic E-state index is 13.4. The number of piperidine rings is 1. The van der Waals surface area contributed by atoms with Crippen molar-refractivity contribution in [1.29, 1.82) is 5.41 Å². The fourth-order valence-corrected chi connectivity index (χ4v) is 7.47. The van der Waals surface area contributed by atoms with Gasteiger partial charge in [-0.15, -0.1) is 0 Å². The Kier molecular flexibility index (Phi) is 21.6. The molecule has 2 atom stereocenters. The quantitative estimate of drug-likeness (QED) is 0.0535. The van der Waals surface area contributed by atoms with Gasteiger partial charge >= 0.3 is 5.97 Å². The van der Waals surface area contributed by atoms with Crippen molar-refractivity contribution in [2.45, 2.75) is 138 Å². The zero-order valence-electron chi connectivity index (χ0n) is 36.5. The molecule has 4 N–H and O–H groups in total. The fraction of sp³-hybridized carbons (Fsp3) is 0.630. The predicted octanol–water partition coefficient (Wildman–Crippen LogP) is 9.95. The third kappa shape index (κ3) is 15.6. The molecule has 4 heterocycles. The zero-order valence-corrected chi connectivity index (χ0v) is 36.5.